The fraction of sp³-hybridized carbons (Fsp3) is 0.471. The predicted octanol–water partition coefficient (Wildman–Crippen LogP) is 3.08. The summed E-state index contributed by atoms with van der Waals surface area (Å²) >= 11 is 0. The molecule has 3 N–H and O–H groups in total. The molecule has 0 bridgehead atoms. The van der Waals surface area contributed by atoms with Crippen LogP contribution >= 0.6 is 24.0 Å². The maximum atomic E-state index is 5.86. The molecule has 0 aliphatic heterocycles. The minimum Gasteiger partial charge on any atom is -0.493 e. The van der Waals surface area contributed by atoms with Crippen molar-refractivity contribution >= 4 is 29.9 Å². The van der Waals surface area contributed by atoms with Gasteiger partial charge in [-0.25, -0.2) is 0 Å². The zero-order chi connectivity index (χ0) is 16.8. The molecular formula is C17H28IN3O2. The molecule has 0 fully saturated rings. The summed E-state index contributed by atoms with van der Waals surface area (Å²) in [6, 6.07) is 5.91. The summed E-state index contributed by atoms with van der Waals surface area (Å²) in [6.07, 6.45) is 0. The smallest absolute Gasteiger partial charge is 0.188 e. The van der Waals surface area contributed by atoms with Crippen molar-refractivity contribution in [3.8, 4) is 11.5 Å². The number of methoxy groups -OCH3 is 2. The quantitative estimate of drug-likeness (QED) is 0.300. The van der Waals surface area contributed by atoms with E-state index < -0.39 is 0 Å². The van der Waals surface area contributed by atoms with E-state index in [2.05, 4.69) is 30.7 Å². The first-order valence-corrected chi connectivity index (χ1v) is 7.21. The number of benzene rings is 1. The van der Waals surface area contributed by atoms with Crippen molar-refractivity contribution in [2.24, 2.45) is 10.7 Å². The summed E-state index contributed by atoms with van der Waals surface area (Å²) in [5.74, 6) is 1.86. The molecular weight excluding hydrogens is 405 g/mol. The average Bonchev–Trinajstić information content (AvgIpc) is 2.50. The van der Waals surface area contributed by atoms with Crippen LogP contribution in [0.4, 0.5) is 0 Å². The van der Waals surface area contributed by atoms with Crippen molar-refractivity contribution < 1.29 is 9.47 Å². The van der Waals surface area contributed by atoms with Gasteiger partial charge in [0.05, 0.1) is 20.8 Å². The third-order valence-electron chi connectivity index (χ3n) is 3.38. The van der Waals surface area contributed by atoms with E-state index in [0.29, 0.717) is 30.5 Å². The van der Waals surface area contributed by atoms with Crippen LogP contribution in [0, 0.1) is 0 Å². The molecule has 1 rings (SSSR count). The van der Waals surface area contributed by atoms with Crippen LogP contribution < -0.4 is 20.5 Å². The maximum absolute atomic E-state index is 5.86. The lowest BCUT2D eigenvalue weighted by molar-refractivity contribution is 0.353. The highest BCUT2D eigenvalue weighted by molar-refractivity contribution is 14.0. The Kier molecular flexibility index (Phi) is 9.04. The monoisotopic (exact) mass is 433 g/mol. The van der Waals surface area contributed by atoms with E-state index in [9.17, 15) is 0 Å². The fourth-order valence-corrected chi connectivity index (χ4v) is 1.93. The standard InChI is InChI=1S/C17H27N3O2.HI/c1-12(2)10-19-16(18)20-11-17(3,4)13-7-8-14(21-5)15(9-13)22-6;/h7-9H,1,10-11H2,2-6H3,(H3,18,19,20);1H. The summed E-state index contributed by atoms with van der Waals surface area (Å²) in [4.78, 5) is 4.41. The number of rotatable bonds is 7. The zero-order valence-corrected chi connectivity index (χ0v) is 16.9. The Morgan fingerprint density at radius 2 is 1.87 bits per heavy atom. The third kappa shape index (κ3) is 6.68. The van der Waals surface area contributed by atoms with E-state index in [1.807, 2.05) is 25.1 Å². The van der Waals surface area contributed by atoms with Crippen molar-refractivity contribution in [3.05, 3.63) is 35.9 Å². The number of hydrogen-bond donors (Lipinski definition) is 2. The summed E-state index contributed by atoms with van der Waals surface area (Å²) in [5.41, 5.74) is 7.81. The van der Waals surface area contributed by atoms with Gasteiger partial charge in [-0.15, -0.1) is 24.0 Å². The van der Waals surface area contributed by atoms with Gasteiger partial charge >= 0.3 is 0 Å². The van der Waals surface area contributed by atoms with Gasteiger partial charge in [0.25, 0.3) is 0 Å². The molecule has 0 aliphatic rings. The number of halogens is 1. The molecule has 0 saturated carbocycles. The molecule has 0 aromatic heterocycles. The van der Waals surface area contributed by atoms with Crippen molar-refractivity contribution in [1.82, 2.24) is 5.32 Å². The van der Waals surface area contributed by atoms with Crippen LogP contribution in [0.2, 0.25) is 0 Å². The summed E-state index contributed by atoms with van der Waals surface area (Å²) in [7, 11) is 3.26. The Hall–Kier alpha value is -1.44. The first-order valence-electron chi connectivity index (χ1n) is 7.21. The van der Waals surface area contributed by atoms with Crippen LogP contribution in [-0.4, -0.2) is 33.3 Å². The number of ether oxygens (including phenoxy) is 2. The number of nitrogens with two attached hydrogens (primary N) is 1. The summed E-state index contributed by atoms with van der Waals surface area (Å²) in [6.45, 7) is 11.2. The molecule has 0 saturated heterocycles. The molecule has 0 heterocycles. The van der Waals surface area contributed by atoms with Gasteiger partial charge in [-0.05, 0) is 24.6 Å². The van der Waals surface area contributed by atoms with E-state index in [1.54, 1.807) is 14.2 Å². The van der Waals surface area contributed by atoms with E-state index in [1.165, 1.54) is 0 Å². The lowest BCUT2D eigenvalue weighted by Crippen LogP contribution is -2.34. The lowest BCUT2D eigenvalue weighted by atomic mass is 9.84. The molecule has 1 aromatic carbocycles. The molecule has 1 aromatic rings. The Labute approximate surface area is 156 Å². The Balaban J connectivity index is 0.00000484. The molecule has 0 radical (unpaired) electrons. The van der Waals surface area contributed by atoms with Crippen LogP contribution in [0.5, 0.6) is 11.5 Å². The Morgan fingerprint density at radius 1 is 1.26 bits per heavy atom. The molecule has 0 amide bonds. The van der Waals surface area contributed by atoms with Gasteiger partial charge in [-0.3, -0.25) is 4.99 Å². The minimum absolute atomic E-state index is 0. The number of hydrogen-bond acceptors (Lipinski definition) is 3. The maximum Gasteiger partial charge on any atom is 0.188 e. The van der Waals surface area contributed by atoms with E-state index in [-0.39, 0.29) is 29.4 Å². The Bertz CT molecular complexity index is 557. The highest BCUT2D eigenvalue weighted by atomic mass is 127. The van der Waals surface area contributed by atoms with Gasteiger partial charge < -0.3 is 20.5 Å². The van der Waals surface area contributed by atoms with Gasteiger partial charge in [-0.1, -0.05) is 32.1 Å². The number of nitrogens with one attached hydrogen (secondary N) is 1. The molecule has 0 atom stereocenters. The topological polar surface area (TPSA) is 68.9 Å². The second kappa shape index (κ2) is 9.64. The van der Waals surface area contributed by atoms with Crippen LogP contribution in [0.3, 0.4) is 0 Å². The highest BCUT2D eigenvalue weighted by Crippen LogP contribution is 2.33. The number of nitrogens with zero attached hydrogens (tertiary/aromatic N) is 1. The largest absolute Gasteiger partial charge is 0.493 e. The van der Waals surface area contributed by atoms with E-state index in [0.717, 1.165) is 11.1 Å². The number of aliphatic imine (C=N–C) groups is 1. The SMILES string of the molecule is C=C(C)CNC(N)=NCC(C)(C)c1ccc(OC)c(OC)c1.I. The lowest BCUT2D eigenvalue weighted by Gasteiger charge is -2.24. The van der Waals surface area contributed by atoms with Gasteiger partial charge in [0.2, 0.25) is 0 Å². The molecule has 0 unspecified atom stereocenters. The van der Waals surface area contributed by atoms with Gasteiger partial charge in [-0.2, -0.15) is 0 Å². The first-order chi connectivity index (χ1) is 10.3. The van der Waals surface area contributed by atoms with Gasteiger partial charge in [0.1, 0.15) is 0 Å². The van der Waals surface area contributed by atoms with Crippen molar-refractivity contribution in [1.29, 1.82) is 0 Å². The first kappa shape index (κ1) is 21.6. The third-order valence-corrected chi connectivity index (χ3v) is 3.38. The normalized spacial score (nSPS) is 11.4. The van der Waals surface area contributed by atoms with E-state index >= 15 is 0 Å². The fourth-order valence-electron chi connectivity index (χ4n) is 1.93. The van der Waals surface area contributed by atoms with Crippen LogP contribution in [-0.2, 0) is 5.41 Å². The second-order valence-corrected chi connectivity index (χ2v) is 5.97. The molecule has 0 spiro atoms. The molecule has 0 aliphatic carbocycles. The molecule has 6 heteroatoms. The Morgan fingerprint density at radius 3 is 2.39 bits per heavy atom. The second-order valence-electron chi connectivity index (χ2n) is 5.97. The van der Waals surface area contributed by atoms with Crippen molar-refractivity contribution in [3.63, 3.8) is 0 Å². The van der Waals surface area contributed by atoms with Crippen molar-refractivity contribution in [2.45, 2.75) is 26.2 Å². The van der Waals surface area contributed by atoms with Gasteiger partial charge in [0, 0.05) is 12.0 Å². The van der Waals surface area contributed by atoms with Crippen molar-refractivity contribution in [2.75, 3.05) is 27.3 Å². The molecule has 23 heavy (non-hydrogen) atoms. The molecule has 130 valence electrons. The van der Waals surface area contributed by atoms with E-state index in [4.69, 9.17) is 15.2 Å². The zero-order valence-electron chi connectivity index (χ0n) is 14.6. The van der Waals surface area contributed by atoms with Crippen LogP contribution in [0.1, 0.15) is 26.3 Å². The summed E-state index contributed by atoms with van der Waals surface area (Å²) < 4.78 is 10.6. The summed E-state index contributed by atoms with van der Waals surface area (Å²) in [5, 5.41) is 3.03. The van der Waals surface area contributed by atoms with Crippen LogP contribution in [0.25, 0.3) is 0 Å². The predicted molar refractivity (Wildman–Crippen MR) is 107 cm³/mol. The highest BCUT2D eigenvalue weighted by Gasteiger charge is 2.22. The molecule has 5 nitrogen and oxygen atoms in total. The van der Waals surface area contributed by atoms with Gasteiger partial charge in [0.15, 0.2) is 17.5 Å². The van der Waals surface area contributed by atoms with Crippen LogP contribution in [0.15, 0.2) is 35.3 Å². The minimum atomic E-state index is -0.172. The number of guanidine groups is 1. The average molecular weight is 433 g/mol.